The van der Waals surface area contributed by atoms with Crippen LogP contribution in [0.2, 0.25) is 0 Å². The molecule has 0 heterocycles. The summed E-state index contributed by atoms with van der Waals surface area (Å²) in [6, 6.07) is 5.48. The van der Waals surface area contributed by atoms with E-state index >= 15 is 0 Å². The number of carboxylic acids is 1. The Morgan fingerprint density at radius 3 is 2.39 bits per heavy atom. The van der Waals surface area contributed by atoms with Gasteiger partial charge < -0.3 is 5.11 Å². The van der Waals surface area contributed by atoms with Crippen LogP contribution in [-0.4, -0.2) is 25.2 Å². The molecule has 0 aliphatic heterocycles. The molecule has 4 nitrogen and oxygen atoms in total. The fraction of sp³-hybridized carbons (Fsp3) is 0.462. The van der Waals surface area contributed by atoms with Gasteiger partial charge >= 0.3 is 5.97 Å². The van der Waals surface area contributed by atoms with Crippen molar-refractivity contribution in [2.75, 3.05) is 5.75 Å². The highest BCUT2D eigenvalue weighted by Crippen LogP contribution is 2.14. The molecule has 1 aromatic carbocycles. The molecule has 1 unspecified atom stereocenters. The molecule has 0 spiro atoms. The molecule has 1 rings (SSSR count). The molecule has 0 radical (unpaired) electrons. The van der Waals surface area contributed by atoms with Crippen molar-refractivity contribution in [1.29, 1.82) is 0 Å². The number of aryl methyl sites for hydroxylation is 2. The quantitative estimate of drug-likeness (QED) is 0.887. The molecule has 1 N–H and O–H groups in total. The normalized spacial score (nSPS) is 13.3. The number of sulfone groups is 1. The van der Waals surface area contributed by atoms with Gasteiger partial charge in [0.1, 0.15) is 0 Å². The highest BCUT2D eigenvalue weighted by molar-refractivity contribution is 7.90. The van der Waals surface area contributed by atoms with Crippen LogP contribution in [0.3, 0.4) is 0 Å². The zero-order valence-electron chi connectivity index (χ0n) is 10.8. The first kappa shape index (κ1) is 14.7. The molecule has 0 aliphatic carbocycles. The largest absolute Gasteiger partial charge is 0.481 e. The number of aliphatic carboxylic acids is 1. The van der Waals surface area contributed by atoms with Crippen molar-refractivity contribution in [1.82, 2.24) is 0 Å². The van der Waals surface area contributed by atoms with Crippen LogP contribution in [0.25, 0.3) is 0 Å². The lowest BCUT2D eigenvalue weighted by molar-refractivity contribution is -0.140. The minimum atomic E-state index is -3.39. The molecule has 100 valence electrons. The zero-order valence-corrected chi connectivity index (χ0v) is 11.6. The molecule has 0 aromatic heterocycles. The van der Waals surface area contributed by atoms with Crippen molar-refractivity contribution in [3.63, 3.8) is 0 Å². The number of carboxylic acid groups (broad SMARTS) is 1. The SMILES string of the molecule is Cc1ccc(CS(=O)(=O)CC(C)C(=O)O)cc1C. The standard InChI is InChI=1S/C13H18O4S/c1-9-4-5-12(6-10(9)2)8-18(16,17)7-11(3)13(14)15/h4-6,11H,7-8H2,1-3H3,(H,14,15). The lowest BCUT2D eigenvalue weighted by Gasteiger charge is -2.09. The van der Waals surface area contributed by atoms with Crippen LogP contribution in [-0.2, 0) is 20.4 Å². The number of hydrogen-bond donors (Lipinski definition) is 1. The Kier molecular flexibility index (Phi) is 4.51. The third-order valence-corrected chi connectivity index (χ3v) is 4.66. The molecule has 18 heavy (non-hydrogen) atoms. The van der Waals surface area contributed by atoms with Gasteiger partial charge in [-0.3, -0.25) is 4.79 Å². The van der Waals surface area contributed by atoms with E-state index in [-0.39, 0.29) is 11.5 Å². The molecule has 0 aliphatic rings. The summed E-state index contributed by atoms with van der Waals surface area (Å²) in [7, 11) is -3.39. The van der Waals surface area contributed by atoms with Gasteiger partial charge in [0.2, 0.25) is 0 Å². The topological polar surface area (TPSA) is 71.4 Å². The van der Waals surface area contributed by atoms with Crippen molar-refractivity contribution in [2.45, 2.75) is 26.5 Å². The van der Waals surface area contributed by atoms with Crippen molar-refractivity contribution < 1.29 is 18.3 Å². The maximum absolute atomic E-state index is 11.8. The van der Waals surface area contributed by atoms with Gasteiger partial charge in [-0.25, -0.2) is 8.42 Å². The van der Waals surface area contributed by atoms with Gasteiger partial charge in [0.15, 0.2) is 9.84 Å². The minimum absolute atomic E-state index is 0.105. The van der Waals surface area contributed by atoms with E-state index in [1.54, 1.807) is 6.07 Å². The van der Waals surface area contributed by atoms with Crippen LogP contribution in [0.4, 0.5) is 0 Å². The van der Waals surface area contributed by atoms with Crippen molar-refractivity contribution in [3.8, 4) is 0 Å². The molecule has 0 saturated heterocycles. The van der Waals surface area contributed by atoms with E-state index in [2.05, 4.69) is 0 Å². The summed E-state index contributed by atoms with van der Waals surface area (Å²) in [4.78, 5) is 10.7. The van der Waals surface area contributed by atoms with Crippen molar-refractivity contribution in [3.05, 3.63) is 34.9 Å². The second-order valence-corrected chi connectivity index (χ2v) is 6.82. The van der Waals surface area contributed by atoms with Gasteiger partial charge in [0.05, 0.1) is 17.4 Å². The summed E-state index contributed by atoms with van der Waals surface area (Å²) in [5.74, 6) is -2.39. The average Bonchev–Trinajstić information content (AvgIpc) is 2.22. The van der Waals surface area contributed by atoms with Crippen LogP contribution in [0, 0.1) is 19.8 Å². The Morgan fingerprint density at radius 2 is 1.89 bits per heavy atom. The lowest BCUT2D eigenvalue weighted by atomic mass is 10.1. The average molecular weight is 270 g/mol. The van der Waals surface area contributed by atoms with Crippen LogP contribution < -0.4 is 0 Å². The van der Waals surface area contributed by atoms with Gasteiger partial charge in [0.25, 0.3) is 0 Å². The van der Waals surface area contributed by atoms with Crippen LogP contribution >= 0.6 is 0 Å². The first-order chi connectivity index (χ1) is 8.21. The van der Waals surface area contributed by atoms with E-state index < -0.39 is 21.7 Å². The second-order valence-electron chi connectivity index (χ2n) is 4.71. The first-order valence-electron chi connectivity index (χ1n) is 5.70. The number of rotatable bonds is 5. The van der Waals surface area contributed by atoms with E-state index in [4.69, 9.17) is 5.11 Å². The highest BCUT2D eigenvalue weighted by Gasteiger charge is 2.21. The number of carbonyl (C=O) groups is 1. The van der Waals surface area contributed by atoms with Gasteiger partial charge in [-0.2, -0.15) is 0 Å². The molecule has 5 heteroatoms. The van der Waals surface area contributed by atoms with E-state index in [0.717, 1.165) is 11.1 Å². The summed E-state index contributed by atoms with van der Waals surface area (Å²) in [5, 5.41) is 8.73. The van der Waals surface area contributed by atoms with E-state index in [0.29, 0.717) is 5.56 Å². The first-order valence-corrected chi connectivity index (χ1v) is 7.53. The summed E-state index contributed by atoms with van der Waals surface area (Å²) < 4.78 is 23.7. The Labute approximate surface area is 108 Å². The summed E-state index contributed by atoms with van der Waals surface area (Å²) in [6.45, 7) is 5.28. The Bertz CT molecular complexity index is 546. The summed E-state index contributed by atoms with van der Waals surface area (Å²) >= 11 is 0. The Morgan fingerprint density at radius 1 is 1.28 bits per heavy atom. The molecule has 0 saturated carbocycles. The van der Waals surface area contributed by atoms with Crippen LogP contribution in [0.15, 0.2) is 18.2 Å². The predicted octanol–water partition coefficient (Wildman–Crippen LogP) is 1.94. The second kappa shape index (κ2) is 5.52. The monoisotopic (exact) mass is 270 g/mol. The smallest absolute Gasteiger partial charge is 0.307 e. The Balaban J connectivity index is 2.82. The Hall–Kier alpha value is -1.36. The van der Waals surface area contributed by atoms with Gasteiger partial charge in [-0.1, -0.05) is 25.1 Å². The van der Waals surface area contributed by atoms with E-state index in [1.165, 1.54) is 6.92 Å². The molecule has 1 aromatic rings. The number of benzene rings is 1. The third-order valence-electron chi connectivity index (χ3n) is 2.88. The molecular weight excluding hydrogens is 252 g/mol. The fourth-order valence-electron chi connectivity index (χ4n) is 1.66. The van der Waals surface area contributed by atoms with E-state index in [9.17, 15) is 13.2 Å². The van der Waals surface area contributed by atoms with Crippen LogP contribution in [0.1, 0.15) is 23.6 Å². The molecule has 0 amide bonds. The molecule has 0 fully saturated rings. The summed E-state index contributed by atoms with van der Waals surface area (Å²) in [5.41, 5.74) is 2.85. The third kappa shape index (κ3) is 4.14. The lowest BCUT2D eigenvalue weighted by Crippen LogP contribution is -2.22. The molecule has 1 atom stereocenters. The van der Waals surface area contributed by atoms with Gasteiger partial charge in [0, 0.05) is 0 Å². The van der Waals surface area contributed by atoms with Gasteiger partial charge in [-0.05, 0) is 30.5 Å². The maximum atomic E-state index is 11.8. The maximum Gasteiger partial charge on any atom is 0.307 e. The zero-order chi connectivity index (χ0) is 13.9. The van der Waals surface area contributed by atoms with Crippen LogP contribution in [0.5, 0.6) is 0 Å². The summed E-state index contributed by atoms with van der Waals surface area (Å²) in [6.07, 6.45) is 0. The molecular formula is C13H18O4S. The van der Waals surface area contributed by atoms with E-state index in [1.807, 2.05) is 26.0 Å². The minimum Gasteiger partial charge on any atom is -0.481 e. The van der Waals surface area contributed by atoms with Gasteiger partial charge in [-0.15, -0.1) is 0 Å². The molecule has 0 bridgehead atoms. The number of hydrogen-bond acceptors (Lipinski definition) is 3. The van der Waals surface area contributed by atoms with Crippen molar-refractivity contribution in [2.24, 2.45) is 5.92 Å². The van der Waals surface area contributed by atoms with Crippen molar-refractivity contribution >= 4 is 15.8 Å². The fourth-order valence-corrected chi connectivity index (χ4v) is 3.37. The highest BCUT2D eigenvalue weighted by atomic mass is 32.2. The predicted molar refractivity (Wildman–Crippen MR) is 70.2 cm³/mol.